The van der Waals surface area contributed by atoms with Gasteiger partial charge in [0.25, 0.3) is 0 Å². The summed E-state index contributed by atoms with van der Waals surface area (Å²) in [5.74, 6) is -4.99. The molecule has 5 amide bonds. The number of Topliss-reactive ketones (excluding diaryl/α,β-unsaturated/α-hetero) is 2. The molecule has 6 N–H and O–H groups in total. The summed E-state index contributed by atoms with van der Waals surface area (Å²) in [5, 5.41) is 39.7. The fraction of sp³-hybridized carbons (Fsp3) is 0.612. The highest BCUT2D eigenvalue weighted by Crippen LogP contribution is 2.39. The van der Waals surface area contributed by atoms with Crippen LogP contribution in [-0.2, 0) is 40.0 Å². The van der Waals surface area contributed by atoms with E-state index in [0.29, 0.717) is 12.0 Å². The van der Waals surface area contributed by atoms with Crippen LogP contribution in [0.4, 0.5) is 0 Å². The van der Waals surface area contributed by atoms with Crippen LogP contribution in [0.2, 0.25) is 0 Å². The summed E-state index contributed by atoms with van der Waals surface area (Å²) in [7, 11) is 4.26. The van der Waals surface area contributed by atoms with Crippen LogP contribution in [0.5, 0.6) is 11.5 Å². The number of unbranched alkanes of at least 4 members (excludes halogenated alkanes) is 12. The molecule has 3 rings (SSSR count). The molecule has 0 unspecified atom stereocenters. The average Bonchev–Trinajstić information content (AvgIpc) is 3.27. The van der Waals surface area contributed by atoms with Gasteiger partial charge in [0.05, 0.1) is 12.6 Å². The fourth-order valence-electron chi connectivity index (χ4n) is 8.11. The average molecular weight is 892 g/mol. The maximum atomic E-state index is 14.1. The molecule has 0 aliphatic carbocycles. The van der Waals surface area contributed by atoms with Crippen molar-refractivity contribution in [2.45, 2.75) is 161 Å². The molecule has 15 heteroatoms. The monoisotopic (exact) mass is 892 g/mol. The van der Waals surface area contributed by atoms with E-state index >= 15 is 0 Å². The van der Waals surface area contributed by atoms with Crippen LogP contribution in [-0.4, -0.2) is 112 Å². The summed E-state index contributed by atoms with van der Waals surface area (Å²) in [6.07, 6.45) is 14.5. The SMILES string of the molecule is CCCCCCCCCCCCCCCC(=O)N(C)[C@H](CO)C(=O)N[C@H](C)C(=O)CCC(=O)N(C)[C@@H]1C(=O)C[C@@H](C)C(=O)N[C@H](C(=O)NC)Cc2ccc(O)c(c2)-c2cc1ccc2O. The van der Waals surface area contributed by atoms with Gasteiger partial charge in [-0.05, 0) is 48.7 Å². The summed E-state index contributed by atoms with van der Waals surface area (Å²) >= 11 is 0. The predicted molar refractivity (Wildman–Crippen MR) is 245 cm³/mol. The van der Waals surface area contributed by atoms with Crippen LogP contribution in [0.1, 0.15) is 147 Å². The highest BCUT2D eigenvalue weighted by molar-refractivity contribution is 5.97. The molecule has 1 aliphatic heterocycles. The first-order valence-corrected chi connectivity index (χ1v) is 23.2. The first kappa shape index (κ1) is 53.0. The van der Waals surface area contributed by atoms with Gasteiger partial charge in [-0.3, -0.25) is 33.6 Å². The van der Waals surface area contributed by atoms with E-state index in [1.807, 2.05) is 0 Å². The lowest BCUT2D eigenvalue weighted by Gasteiger charge is -2.30. The number of nitrogens with zero attached hydrogens (tertiary/aromatic N) is 2. The second-order valence-electron chi connectivity index (χ2n) is 17.4. The minimum absolute atomic E-state index is 0.0546. The number of benzene rings is 2. The number of amides is 5. The van der Waals surface area contributed by atoms with Crippen molar-refractivity contribution >= 4 is 41.1 Å². The fourth-order valence-corrected chi connectivity index (χ4v) is 8.11. The number of hydrogen-bond acceptors (Lipinski definition) is 10. The Balaban J connectivity index is 1.61. The van der Waals surface area contributed by atoms with Crippen LogP contribution in [0.15, 0.2) is 36.4 Å². The number of ketones is 2. The molecule has 0 radical (unpaired) electrons. The van der Waals surface area contributed by atoms with Gasteiger partial charge in [0.1, 0.15) is 29.6 Å². The summed E-state index contributed by atoms with van der Waals surface area (Å²) in [6, 6.07) is 4.27. The Labute approximate surface area is 379 Å². The van der Waals surface area contributed by atoms with Crippen LogP contribution in [0, 0.1) is 5.92 Å². The number of aliphatic hydroxyl groups is 1. The molecular weight excluding hydrogens is 819 g/mol. The number of likely N-dealkylation sites (N-methyl/N-ethyl adjacent to an activating group) is 3. The maximum Gasteiger partial charge on any atom is 0.245 e. The van der Waals surface area contributed by atoms with E-state index in [1.165, 1.54) is 122 Å². The van der Waals surface area contributed by atoms with E-state index in [2.05, 4.69) is 22.9 Å². The number of aromatic hydroxyl groups is 2. The Morgan fingerprint density at radius 3 is 1.91 bits per heavy atom. The minimum Gasteiger partial charge on any atom is -0.507 e. The zero-order valence-electron chi connectivity index (χ0n) is 38.9. The number of nitrogens with one attached hydrogen (secondary N) is 3. The topological polar surface area (TPSA) is 223 Å². The van der Waals surface area contributed by atoms with Crippen LogP contribution in [0.25, 0.3) is 11.1 Å². The number of hydrogen-bond donors (Lipinski definition) is 6. The maximum absolute atomic E-state index is 14.1. The van der Waals surface area contributed by atoms with Crippen LogP contribution in [0.3, 0.4) is 0 Å². The van der Waals surface area contributed by atoms with Gasteiger partial charge in [0.2, 0.25) is 29.5 Å². The number of fused-ring (bicyclic) bond motifs is 5. The van der Waals surface area contributed by atoms with E-state index in [9.17, 15) is 48.9 Å². The number of phenolic OH excluding ortho intramolecular Hbond substituents is 2. The number of rotatable bonds is 24. The Bertz CT molecular complexity index is 1900. The molecule has 64 heavy (non-hydrogen) atoms. The molecule has 0 aromatic heterocycles. The first-order chi connectivity index (χ1) is 30.5. The van der Waals surface area contributed by atoms with Gasteiger partial charge in [0.15, 0.2) is 11.6 Å². The molecule has 2 aromatic rings. The first-order valence-electron chi connectivity index (χ1n) is 23.2. The number of phenols is 2. The molecule has 0 spiro atoms. The third kappa shape index (κ3) is 16.0. The van der Waals surface area contributed by atoms with Gasteiger partial charge in [-0.2, -0.15) is 0 Å². The quantitative estimate of drug-likeness (QED) is 0.0695. The van der Waals surface area contributed by atoms with Gasteiger partial charge in [-0.15, -0.1) is 0 Å². The lowest BCUT2D eigenvalue weighted by molar-refractivity contribution is -0.142. The van der Waals surface area contributed by atoms with E-state index in [1.54, 1.807) is 12.1 Å². The molecule has 354 valence electrons. The third-order valence-corrected chi connectivity index (χ3v) is 12.3. The highest BCUT2D eigenvalue weighted by atomic mass is 16.3. The second kappa shape index (κ2) is 27.1. The molecular formula is C49H73N5O10. The molecule has 1 aliphatic rings. The van der Waals surface area contributed by atoms with Crippen molar-refractivity contribution in [3.8, 4) is 22.6 Å². The standard InChI is InChI=1S/C49H73N5O10/c1-7-8-9-10-11-12-13-14-15-16-17-18-19-20-44(60)53(5)39(31-55)49(64)51-33(3)40(56)25-26-45(61)54(6)46-35-22-24-42(58)37(30-35)36-28-34(21-23-41(36)57)29-38(48(63)50-4)52-47(62)32(2)27-43(46)59/h21-24,28,30,32-33,38-39,46,55,57-58H,7-20,25-27,29,31H2,1-6H3,(H,50,63)(H,51,64)(H,52,62)/t32-,33-,38+,39-,46+/m1/s1. The van der Waals surface area contributed by atoms with Gasteiger partial charge < -0.3 is 41.1 Å². The van der Waals surface area contributed by atoms with Crippen LogP contribution >= 0.6 is 0 Å². The second-order valence-corrected chi connectivity index (χ2v) is 17.4. The van der Waals surface area contributed by atoms with Crippen LogP contribution < -0.4 is 16.0 Å². The van der Waals surface area contributed by atoms with Crippen molar-refractivity contribution in [2.75, 3.05) is 27.7 Å². The minimum atomic E-state index is -1.28. The summed E-state index contributed by atoms with van der Waals surface area (Å²) in [5.41, 5.74) is 1.20. The zero-order chi connectivity index (χ0) is 47.3. The molecule has 5 atom stereocenters. The van der Waals surface area contributed by atoms with Gasteiger partial charge in [-0.1, -0.05) is 103 Å². The summed E-state index contributed by atoms with van der Waals surface area (Å²) in [4.78, 5) is 95.8. The lowest BCUT2D eigenvalue weighted by Crippen LogP contribution is -2.53. The number of carbonyl (C=O) groups is 7. The molecule has 4 bridgehead atoms. The van der Waals surface area contributed by atoms with Crippen molar-refractivity contribution in [3.63, 3.8) is 0 Å². The van der Waals surface area contributed by atoms with Gasteiger partial charge in [-0.25, -0.2) is 0 Å². The smallest absolute Gasteiger partial charge is 0.245 e. The van der Waals surface area contributed by atoms with E-state index < -0.39 is 71.9 Å². The van der Waals surface area contributed by atoms with Crippen molar-refractivity contribution in [2.24, 2.45) is 5.92 Å². The van der Waals surface area contributed by atoms with Crippen molar-refractivity contribution in [1.29, 1.82) is 0 Å². The molecule has 1 heterocycles. The Morgan fingerprint density at radius 2 is 1.33 bits per heavy atom. The van der Waals surface area contributed by atoms with Crippen molar-refractivity contribution in [1.82, 2.24) is 25.8 Å². The summed E-state index contributed by atoms with van der Waals surface area (Å²) in [6.45, 7) is 4.56. The predicted octanol–water partition coefficient (Wildman–Crippen LogP) is 5.80. The van der Waals surface area contributed by atoms with Gasteiger partial charge in [0, 0.05) is 70.3 Å². The molecule has 0 fully saturated rings. The number of aliphatic hydroxyl groups excluding tert-OH is 1. The van der Waals surface area contributed by atoms with E-state index in [0.717, 1.165) is 24.2 Å². The van der Waals surface area contributed by atoms with E-state index in [-0.39, 0.29) is 66.2 Å². The lowest BCUT2D eigenvalue weighted by atomic mass is 9.89. The largest absolute Gasteiger partial charge is 0.507 e. The Kier molecular flexibility index (Phi) is 22.5. The highest BCUT2D eigenvalue weighted by Gasteiger charge is 2.34. The normalized spacial score (nSPS) is 17.3. The van der Waals surface area contributed by atoms with E-state index in [4.69, 9.17) is 0 Å². The van der Waals surface area contributed by atoms with Gasteiger partial charge >= 0.3 is 0 Å². The Morgan fingerprint density at radius 1 is 0.766 bits per heavy atom. The molecule has 2 aromatic carbocycles. The van der Waals surface area contributed by atoms with Crippen molar-refractivity contribution in [3.05, 3.63) is 47.5 Å². The molecule has 0 saturated carbocycles. The molecule has 15 nitrogen and oxygen atoms in total. The summed E-state index contributed by atoms with van der Waals surface area (Å²) < 4.78 is 0. The number of carbonyl (C=O) groups excluding carboxylic acids is 7. The molecule has 0 saturated heterocycles. The van der Waals surface area contributed by atoms with Crippen molar-refractivity contribution < 1.29 is 48.9 Å². The Hall–Kier alpha value is -5.31. The third-order valence-electron chi connectivity index (χ3n) is 12.3. The zero-order valence-corrected chi connectivity index (χ0v) is 38.9.